The van der Waals surface area contributed by atoms with E-state index in [9.17, 15) is 18.3 Å². The first-order valence-electron chi connectivity index (χ1n) is 7.28. The molecule has 1 aromatic carbocycles. The van der Waals surface area contributed by atoms with Crippen LogP contribution in [0.25, 0.3) is 0 Å². The summed E-state index contributed by atoms with van der Waals surface area (Å²) in [5.41, 5.74) is -0.922. The van der Waals surface area contributed by atoms with E-state index in [1.54, 1.807) is 18.2 Å². The lowest BCUT2D eigenvalue weighted by Gasteiger charge is -2.23. The third-order valence-electron chi connectivity index (χ3n) is 4.95. The maximum Gasteiger partial charge on any atom is 0.311 e. The molecule has 1 saturated carbocycles. The molecule has 2 fully saturated rings. The van der Waals surface area contributed by atoms with Gasteiger partial charge in [-0.1, -0.05) is 18.6 Å². The molecule has 6 nitrogen and oxygen atoms in total. The third-order valence-corrected chi connectivity index (χ3v) is 6.80. The number of aliphatic carboxylic acids is 1. The zero-order valence-electron chi connectivity index (χ0n) is 12.4. The molecule has 0 unspecified atom stereocenters. The maximum absolute atomic E-state index is 12.9. The average Bonchev–Trinajstić information content (AvgIpc) is 3.05. The van der Waals surface area contributed by atoms with Crippen LogP contribution >= 0.6 is 0 Å². The summed E-state index contributed by atoms with van der Waals surface area (Å²) in [4.78, 5) is 11.8. The number of carboxylic acids is 1. The van der Waals surface area contributed by atoms with Gasteiger partial charge in [0.1, 0.15) is 10.6 Å². The summed E-state index contributed by atoms with van der Waals surface area (Å²) in [6, 6.07) is 6.43. The van der Waals surface area contributed by atoms with Gasteiger partial charge < -0.3 is 9.84 Å². The van der Waals surface area contributed by atoms with Gasteiger partial charge in [0.2, 0.25) is 10.0 Å². The number of methoxy groups -OCH3 is 1. The van der Waals surface area contributed by atoms with E-state index in [-0.39, 0.29) is 29.7 Å². The van der Waals surface area contributed by atoms with Crippen LogP contribution in [0.15, 0.2) is 29.2 Å². The summed E-state index contributed by atoms with van der Waals surface area (Å²) in [5.74, 6) is -0.703. The number of rotatable bonds is 4. The van der Waals surface area contributed by atoms with E-state index in [0.717, 1.165) is 12.8 Å². The molecule has 3 rings (SSSR count). The smallest absolute Gasteiger partial charge is 0.311 e. The highest BCUT2D eigenvalue weighted by atomic mass is 32.2. The summed E-state index contributed by atoms with van der Waals surface area (Å²) >= 11 is 0. The molecule has 2 aliphatic rings. The van der Waals surface area contributed by atoms with Gasteiger partial charge in [-0.2, -0.15) is 4.31 Å². The van der Waals surface area contributed by atoms with Gasteiger partial charge in [0.15, 0.2) is 0 Å². The number of carbonyl (C=O) groups is 1. The van der Waals surface area contributed by atoms with Gasteiger partial charge in [-0.15, -0.1) is 0 Å². The largest absolute Gasteiger partial charge is 0.495 e. The molecule has 120 valence electrons. The van der Waals surface area contributed by atoms with E-state index >= 15 is 0 Å². The molecule has 1 aromatic rings. The Morgan fingerprint density at radius 3 is 2.77 bits per heavy atom. The lowest BCUT2D eigenvalue weighted by atomic mass is 9.81. The number of para-hydroxylation sites is 1. The Morgan fingerprint density at radius 2 is 2.14 bits per heavy atom. The Hall–Kier alpha value is -1.60. The summed E-state index contributed by atoms with van der Waals surface area (Å²) in [6.07, 6.45) is 2.16. The average molecular weight is 325 g/mol. The van der Waals surface area contributed by atoms with Crippen LogP contribution in [0.4, 0.5) is 0 Å². The minimum Gasteiger partial charge on any atom is -0.495 e. The molecule has 0 amide bonds. The highest BCUT2D eigenvalue weighted by Gasteiger charge is 2.57. The van der Waals surface area contributed by atoms with Crippen LogP contribution in [-0.2, 0) is 14.8 Å². The molecular weight excluding hydrogens is 306 g/mol. The lowest BCUT2D eigenvalue weighted by molar-refractivity contribution is -0.149. The molecule has 22 heavy (non-hydrogen) atoms. The molecule has 0 aromatic heterocycles. The fourth-order valence-electron chi connectivity index (χ4n) is 3.75. The Kier molecular flexibility index (Phi) is 3.65. The van der Waals surface area contributed by atoms with Crippen LogP contribution in [0, 0.1) is 11.3 Å². The van der Waals surface area contributed by atoms with Gasteiger partial charge in [-0.25, -0.2) is 8.42 Å². The minimum absolute atomic E-state index is 0.0490. The van der Waals surface area contributed by atoms with Crippen LogP contribution < -0.4 is 4.74 Å². The Morgan fingerprint density at radius 1 is 1.41 bits per heavy atom. The summed E-state index contributed by atoms with van der Waals surface area (Å²) in [6.45, 7) is 0.320. The molecule has 1 aliphatic heterocycles. The Bertz CT molecular complexity index is 702. The van der Waals surface area contributed by atoms with E-state index in [2.05, 4.69) is 0 Å². The van der Waals surface area contributed by atoms with Crippen molar-refractivity contribution in [2.24, 2.45) is 11.3 Å². The topological polar surface area (TPSA) is 83.9 Å². The van der Waals surface area contributed by atoms with Gasteiger partial charge in [-0.3, -0.25) is 4.79 Å². The minimum atomic E-state index is -3.75. The predicted octanol–water partition coefficient (Wildman–Crippen LogP) is 1.57. The molecule has 1 heterocycles. The van der Waals surface area contributed by atoms with Gasteiger partial charge in [0.05, 0.1) is 12.5 Å². The molecule has 1 aliphatic carbocycles. The van der Waals surface area contributed by atoms with Crippen LogP contribution in [0.1, 0.15) is 19.3 Å². The van der Waals surface area contributed by atoms with Crippen molar-refractivity contribution in [1.29, 1.82) is 0 Å². The number of hydrogen-bond acceptors (Lipinski definition) is 4. The van der Waals surface area contributed by atoms with E-state index in [0.29, 0.717) is 6.42 Å². The lowest BCUT2D eigenvalue weighted by Crippen LogP contribution is -2.37. The fourth-order valence-corrected chi connectivity index (χ4v) is 5.46. The maximum atomic E-state index is 12.9. The van der Waals surface area contributed by atoms with E-state index in [1.807, 2.05) is 0 Å². The van der Waals surface area contributed by atoms with Gasteiger partial charge in [0, 0.05) is 13.1 Å². The zero-order valence-corrected chi connectivity index (χ0v) is 13.2. The first-order chi connectivity index (χ1) is 10.4. The van der Waals surface area contributed by atoms with Crippen molar-refractivity contribution in [2.75, 3.05) is 20.2 Å². The van der Waals surface area contributed by atoms with E-state index in [4.69, 9.17) is 4.74 Å². The highest BCUT2D eigenvalue weighted by molar-refractivity contribution is 7.89. The van der Waals surface area contributed by atoms with Crippen LogP contribution in [0.2, 0.25) is 0 Å². The fraction of sp³-hybridized carbons (Fsp3) is 0.533. The number of nitrogens with zero attached hydrogens (tertiary/aromatic N) is 1. The first-order valence-corrected chi connectivity index (χ1v) is 8.72. The number of fused-ring (bicyclic) bond motifs is 1. The molecule has 0 radical (unpaired) electrons. The van der Waals surface area contributed by atoms with Crippen molar-refractivity contribution >= 4 is 16.0 Å². The second kappa shape index (κ2) is 5.24. The highest BCUT2D eigenvalue weighted by Crippen LogP contribution is 2.50. The standard InChI is InChI=1S/C15H19NO5S/c1-21-12-6-2-3-7-13(12)22(19,20)16-9-11-5-4-8-15(11,10-16)14(17)18/h2-3,6-7,11H,4-5,8-10H2,1H3,(H,17,18)/t11-,15+/m0/s1. The molecule has 2 atom stereocenters. The molecule has 7 heteroatoms. The monoisotopic (exact) mass is 325 g/mol. The molecule has 0 bridgehead atoms. The second-order valence-electron chi connectivity index (χ2n) is 6.00. The molecular formula is C15H19NO5S. The van der Waals surface area contributed by atoms with Crippen LogP contribution in [-0.4, -0.2) is 44.0 Å². The number of carboxylic acid groups (broad SMARTS) is 1. The first kappa shape index (κ1) is 15.3. The van der Waals surface area contributed by atoms with Gasteiger partial charge in [0.25, 0.3) is 0 Å². The van der Waals surface area contributed by atoms with Gasteiger partial charge in [-0.05, 0) is 30.9 Å². The van der Waals surface area contributed by atoms with Crippen molar-refractivity contribution in [1.82, 2.24) is 4.31 Å². The van der Waals surface area contributed by atoms with Gasteiger partial charge >= 0.3 is 5.97 Å². The Balaban J connectivity index is 1.97. The Labute approximate surface area is 129 Å². The molecule has 1 saturated heterocycles. The van der Waals surface area contributed by atoms with Crippen molar-refractivity contribution in [2.45, 2.75) is 24.2 Å². The number of sulfonamides is 1. The summed E-state index contributed by atoms with van der Waals surface area (Å²) in [5, 5.41) is 9.58. The van der Waals surface area contributed by atoms with Crippen LogP contribution in [0.5, 0.6) is 5.75 Å². The zero-order chi connectivity index (χ0) is 16.0. The van der Waals surface area contributed by atoms with E-state index in [1.165, 1.54) is 17.5 Å². The van der Waals surface area contributed by atoms with Crippen molar-refractivity contribution in [3.63, 3.8) is 0 Å². The summed E-state index contributed by atoms with van der Waals surface area (Å²) < 4.78 is 32.2. The van der Waals surface area contributed by atoms with Crippen LogP contribution in [0.3, 0.4) is 0 Å². The second-order valence-corrected chi connectivity index (χ2v) is 7.91. The number of benzene rings is 1. The number of ether oxygens (including phenoxy) is 1. The SMILES string of the molecule is COc1ccccc1S(=O)(=O)N1C[C@@H]2CCC[C@@]2(C(=O)O)C1. The van der Waals surface area contributed by atoms with Crippen molar-refractivity contribution in [3.05, 3.63) is 24.3 Å². The predicted molar refractivity (Wildman–Crippen MR) is 79.2 cm³/mol. The summed E-state index contributed by atoms with van der Waals surface area (Å²) in [7, 11) is -2.33. The molecule has 0 spiro atoms. The third kappa shape index (κ3) is 2.11. The van der Waals surface area contributed by atoms with Crippen molar-refractivity contribution in [3.8, 4) is 5.75 Å². The number of hydrogen-bond donors (Lipinski definition) is 1. The quantitative estimate of drug-likeness (QED) is 0.908. The molecule has 1 N–H and O–H groups in total. The normalized spacial score (nSPS) is 28.5. The van der Waals surface area contributed by atoms with Crippen molar-refractivity contribution < 1.29 is 23.1 Å². The van der Waals surface area contributed by atoms with E-state index < -0.39 is 21.4 Å².